The van der Waals surface area contributed by atoms with E-state index in [0.29, 0.717) is 0 Å². The molecule has 0 aliphatic carbocycles. The number of carbonyl (C=O) groups is 1. The lowest BCUT2D eigenvalue weighted by atomic mass is 10.2. The molecule has 1 aromatic heterocycles. The van der Waals surface area contributed by atoms with Gasteiger partial charge < -0.3 is 4.74 Å². The molecule has 0 unspecified atom stereocenters. The Morgan fingerprint density at radius 1 is 1.40 bits per heavy atom. The second-order valence-corrected chi connectivity index (χ2v) is 4.47. The predicted octanol–water partition coefficient (Wildman–Crippen LogP) is 1.59. The largest absolute Gasteiger partial charge is 0.464 e. The Hall–Kier alpha value is -2.22. The molecular weight excluding hydrogens is 264 g/mol. The number of nitro groups is 1. The first-order chi connectivity index (χ1) is 9.61. The summed E-state index contributed by atoms with van der Waals surface area (Å²) in [5, 5.41) is 12.9. The van der Waals surface area contributed by atoms with Gasteiger partial charge in [-0.15, -0.1) is 0 Å². The molecule has 0 amide bonds. The fourth-order valence-corrected chi connectivity index (χ4v) is 2.06. The van der Waals surface area contributed by atoms with Crippen LogP contribution in [0.25, 0.3) is 0 Å². The van der Waals surface area contributed by atoms with Crippen LogP contribution in [0.15, 0.2) is 12.1 Å². The molecule has 1 N–H and O–H groups in total. The Morgan fingerprint density at radius 3 is 2.70 bits per heavy atom. The highest BCUT2D eigenvalue weighted by Gasteiger charge is 2.21. The van der Waals surface area contributed by atoms with E-state index in [1.165, 1.54) is 19.2 Å². The summed E-state index contributed by atoms with van der Waals surface area (Å²) in [6.45, 7) is 1.59. The van der Waals surface area contributed by atoms with Crippen LogP contribution in [-0.2, 0) is 4.74 Å². The van der Waals surface area contributed by atoms with Gasteiger partial charge in [0.05, 0.1) is 12.0 Å². The van der Waals surface area contributed by atoms with Crippen LogP contribution in [0, 0.1) is 10.1 Å². The second-order valence-electron chi connectivity index (χ2n) is 4.47. The van der Waals surface area contributed by atoms with Crippen LogP contribution in [0.3, 0.4) is 0 Å². The summed E-state index contributed by atoms with van der Waals surface area (Å²) >= 11 is 0. The molecular formula is C12H16N4O4. The number of esters is 1. The fraction of sp³-hybridized carbons (Fsp3) is 0.500. The van der Waals surface area contributed by atoms with Crippen LogP contribution in [0.5, 0.6) is 0 Å². The van der Waals surface area contributed by atoms with Crippen molar-refractivity contribution in [2.45, 2.75) is 19.3 Å². The SMILES string of the molecule is COC(=O)c1ccc([N+](=O)[O-])c(NN2CCCCC2)n1. The van der Waals surface area contributed by atoms with E-state index in [9.17, 15) is 14.9 Å². The molecule has 1 saturated heterocycles. The number of hydrazine groups is 1. The standard InChI is InChI=1S/C12H16N4O4/c1-20-12(17)9-5-6-10(16(18)19)11(13-9)14-15-7-3-2-4-8-15/h5-6H,2-4,7-8H2,1H3,(H,13,14). The number of nitrogens with zero attached hydrogens (tertiary/aromatic N) is 3. The molecule has 0 spiro atoms. The molecule has 108 valence electrons. The molecule has 1 fully saturated rings. The lowest BCUT2D eigenvalue weighted by molar-refractivity contribution is -0.384. The maximum atomic E-state index is 11.4. The van der Waals surface area contributed by atoms with Gasteiger partial charge in [0, 0.05) is 19.2 Å². The summed E-state index contributed by atoms with van der Waals surface area (Å²) in [6, 6.07) is 2.54. The number of methoxy groups -OCH3 is 1. The number of nitrogens with one attached hydrogen (secondary N) is 1. The number of hydrogen-bond acceptors (Lipinski definition) is 7. The van der Waals surface area contributed by atoms with Gasteiger partial charge in [0.1, 0.15) is 0 Å². The van der Waals surface area contributed by atoms with Crippen LogP contribution < -0.4 is 5.43 Å². The highest BCUT2D eigenvalue weighted by Crippen LogP contribution is 2.23. The highest BCUT2D eigenvalue weighted by atomic mass is 16.6. The molecule has 0 aromatic carbocycles. The van der Waals surface area contributed by atoms with Gasteiger partial charge in [-0.2, -0.15) is 0 Å². The quantitative estimate of drug-likeness (QED) is 0.508. The molecule has 1 aliphatic rings. The minimum atomic E-state index is -0.624. The van der Waals surface area contributed by atoms with Crippen molar-refractivity contribution in [1.82, 2.24) is 9.99 Å². The molecule has 8 nitrogen and oxygen atoms in total. The Morgan fingerprint density at radius 2 is 2.10 bits per heavy atom. The maximum absolute atomic E-state index is 11.4. The zero-order chi connectivity index (χ0) is 14.5. The monoisotopic (exact) mass is 280 g/mol. The Kier molecular flexibility index (Phi) is 4.46. The summed E-state index contributed by atoms with van der Waals surface area (Å²) < 4.78 is 4.57. The molecule has 2 rings (SSSR count). The third-order valence-corrected chi connectivity index (χ3v) is 3.09. The van der Waals surface area contributed by atoms with Crippen molar-refractivity contribution in [3.63, 3.8) is 0 Å². The first-order valence-corrected chi connectivity index (χ1v) is 6.37. The normalized spacial score (nSPS) is 15.7. The van der Waals surface area contributed by atoms with Gasteiger partial charge in [0.2, 0.25) is 5.82 Å². The van der Waals surface area contributed by atoms with E-state index in [4.69, 9.17) is 0 Å². The van der Waals surface area contributed by atoms with E-state index in [1.807, 2.05) is 5.01 Å². The van der Waals surface area contributed by atoms with Crippen molar-refractivity contribution < 1.29 is 14.5 Å². The first-order valence-electron chi connectivity index (χ1n) is 6.37. The van der Waals surface area contributed by atoms with Crippen molar-refractivity contribution in [2.24, 2.45) is 0 Å². The highest BCUT2D eigenvalue weighted by molar-refractivity contribution is 5.88. The number of anilines is 1. The molecule has 0 radical (unpaired) electrons. The molecule has 20 heavy (non-hydrogen) atoms. The third-order valence-electron chi connectivity index (χ3n) is 3.09. The summed E-state index contributed by atoms with van der Waals surface area (Å²) in [5.41, 5.74) is 2.80. The number of aromatic nitrogens is 1. The van der Waals surface area contributed by atoms with Crippen molar-refractivity contribution in [1.29, 1.82) is 0 Å². The smallest absolute Gasteiger partial charge is 0.356 e. The second kappa shape index (κ2) is 6.29. The summed E-state index contributed by atoms with van der Waals surface area (Å²) in [5.74, 6) is -0.554. The van der Waals surface area contributed by atoms with Crippen molar-refractivity contribution >= 4 is 17.5 Å². The van der Waals surface area contributed by atoms with E-state index >= 15 is 0 Å². The summed E-state index contributed by atoms with van der Waals surface area (Å²) in [6.07, 6.45) is 3.20. The van der Waals surface area contributed by atoms with Gasteiger partial charge >= 0.3 is 11.7 Å². The number of rotatable bonds is 4. The van der Waals surface area contributed by atoms with Crippen LogP contribution >= 0.6 is 0 Å². The van der Waals surface area contributed by atoms with Gasteiger partial charge in [0.15, 0.2) is 5.69 Å². The number of carbonyl (C=O) groups excluding carboxylic acids is 1. The van der Waals surface area contributed by atoms with Crippen molar-refractivity contribution in [3.05, 3.63) is 27.9 Å². The van der Waals surface area contributed by atoms with Crippen LogP contribution in [-0.4, -0.2) is 41.1 Å². The predicted molar refractivity (Wildman–Crippen MR) is 71.3 cm³/mol. The fourth-order valence-electron chi connectivity index (χ4n) is 2.06. The number of ether oxygens (including phenoxy) is 1. The minimum absolute atomic E-state index is 0.0395. The third kappa shape index (κ3) is 3.21. The molecule has 1 aromatic rings. The zero-order valence-corrected chi connectivity index (χ0v) is 11.2. The number of hydrogen-bond donors (Lipinski definition) is 1. The molecule has 8 heteroatoms. The Bertz CT molecular complexity index is 514. The number of pyridine rings is 1. The van der Waals surface area contributed by atoms with Gasteiger partial charge in [-0.1, -0.05) is 6.42 Å². The maximum Gasteiger partial charge on any atom is 0.356 e. The first kappa shape index (κ1) is 14.2. The molecule has 0 atom stereocenters. The summed E-state index contributed by atoms with van der Waals surface area (Å²) in [4.78, 5) is 25.9. The van der Waals surface area contributed by atoms with Crippen LogP contribution in [0.4, 0.5) is 11.5 Å². The van der Waals surface area contributed by atoms with Crippen LogP contribution in [0.1, 0.15) is 29.8 Å². The lowest BCUT2D eigenvalue weighted by Crippen LogP contribution is -2.35. The topological polar surface area (TPSA) is 97.6 Å². The van der Waals surface area contributed by atoms with Gasteiger partial charge in [0.25, 0.3) is 0 Å². The van der Waals surface area contributed by atoms with Crippen molar-refractivity contribution in [2.75, 3.05) is 25.6 Å². The molecule has 1 aliphatic heterocycles. The van der Waals surface area contributed by atoms with Crippen LogP contribution in [0.2, 0.25) is 0 Å². The summed E-state index contributed by atoms with van der Waals surface area (Å²) in [7, 11) is 1.24. The Balaban J connectivity index is 2.26. The molecule has 2 heterocycles. The van der Waals surface area contributed by atoms with E-state index in [0.717, 1.165) is 32.4 Å². The van der Waals surface area contributed by atoms with E-state index in [1.54, 1.807) is 0 Å². The molecule has 0 bridgehead atoms. The number of piperidine rings is 1. The van der Waals surface area contributed by atoms with E-state index in [-0.39, 0.29) is 17.2 Å². The Labute approximate surface area is 115 Å². The van der Waals surface area contributed by atoms with E-state index < -0.39 is 10.9 Å². The van der Waals surface area contributed by atoms with E-state index in [2.05, 4.69) is 15.1 Å². The van der Waals surface area contributed by atoms with Gasteiger partial charge in [-0.25, -0.2) is 14.8 Å². The minimum Gasteiger partial charge on any atom is -0.464 e. The van der Waals surface area contributed by atoms with Gasteiger partial charge in [-0.3, -0.25) is 15.5 Å². The lowest BCUT2D eigenvalue weighted by Gasteiger charge is -2.27. The molecule has 0 saturated carbocycles. The van der Waals surface area contributed by atoms with Gasteiger partial charge in [-0.05, 0) is 18.9 Å². The average molecular weight is 280 g/mol. The van der Waals surface area contributed by atoms with Crippen molar-refractivity contribution in [3.8, 4) is 0 Å². The zero-order valence-electron chi connectivity index (χ0n) is 11.2. The average Bonchev–Trinajstić information content (AvgIpc) is 2.47.